The van der Waals surface area contributed by atoms with Crippen LogP contribution in [-0.2, 0) is 14.3 Å². The van der Waals surface area contributed by atoms with Gasteiger partial charge in [-0.2, -0.15) is 0 Å². The zero-order valence-corrected chi connectivity index (χ0v) is 9.18. The number of amides is 2. The number of rotatable bonds is 3. The first kappa shape index (κ1) is 14.8. The molecule has 5 atom stereocenters. The summed E-state index contributed by atoms with van der Waals surface area (Å²) < 4.78 is 4.97. The molecule has 104 valence electrons. The van der Waals surface area contributed by atoms with E-state index >= 15 is 0 Å². The second-order valence-corrected chi connectivity index (χ2v) is 3.71. The minimum absolute atomic E-state index is 0.604. The second-order valence-electron chi connectivity index (χ2n) is 3.71. The van der Waals surface area contributed by atoms with E-state index in [1.54, 1.807) is 0 Å². The lowest BCUT2D eigenvalue weighted by Gasteiger charge is -2.40. The van der Waals surface area contributed by atoms with Crippen LogP contribution >= 0.6 is 0 Å². The molecule has 2 amide bonds. The standard InChI is InChI=1S/C8H15N3O7/c9-6(16)7(17)10-11-8-5(15)4(14)3(13)2(1-12)18-8/h2-5,8,11-15H,1H2,(H2,9,16)(H,10,17)/t2-,3-,4-,5-,8+/m0/s1. The lowest BCUT2D eigenvalue weighted by molar-refractivity contribution is -0.238. The summed E-state index contributed by atoms with van der Waals surface area (Å²) in [4.78, 5) is 21.3. The number of nitrogens with one attached hydrogen (secondary N) is 2. The maximum absolute atomic E-state index is 10.8. The van der Waals surface area contributed by atoms with E-state index in [0.29, 0.717) is 0 Å². The zero-order chi connectivity index (χ0) is 13.9. The van der Waals surface area contributed by atoms with Gasteiger partial charge in [-0.3, -0.25) is 15.0 Å². The van der Waals surface area contributed by atoms with Crippen molar-refractivity contribution in [2.75, 3.05) is 6.61 Å². The first-order valence-electron chi connectivity index (χ1n) is 5.04. The smallest absolute Gasteiger partial charge is 0.323 e. The van der Waals surface area contributed by atoms with Crippen LogP contribution in [0, 0.1) is 0 Å². The Morgan fingerprint density at radius 1 is 1.17 bits per heavy atom. The van der Waals surface area contributed by atoms with Crippen LogP contribution in [0.3, 0.4) is 0 Å². The molecule has 0 aromatic carbocycles. The average Bonchev–Trinajstić information content (AvgIpc) is 2.34. The van der Waals surface area contributed by atoms with Crippen molar-refractivity contribution in [1.82, 2.24) is 10.9 Å². The summed E-state index contributed by atoms with van der Waals surface area (Å²) in [6, 6.07) is 0. The molecule has 1 heterocycles. The highest BCUT2D eigenvalue weighted by Crippen LogP contribution is 2.19. The molecule has 8 N–H and O–H groups in total. The number of carbonyl (C=O) groups excluding carboxylic acids is 2. The number of hydrogen-bond acceptors (Lipinski definition) is 8. The maximum atomic E-state index is 10.8. The quantitative estimate of drug-likeness (QED) is 0.196. The molecule has 10 nitrogen and oxygen atoms in total. The Morgan fingerprint density at radius 2 is 1.78 bits per heavy atom. The number of primary amides is 1. The molecule has 0 saturated carbocycles. The summed E-state index contributed by atoms with van der Waals surface area (Å²) in [6.45, 7) is -0.604. The van der Waals surface area contributed by atoms with Crippen molar-refractivity contribution >= 4 is 11.8 Å². The summed E-state index contributed by atoms with van der Waals surface area (Å²) in [6.07, 6.45) is -7.10. The summed E-state index contributed by atoms with van der Waals surface area (Å²) in [5.41, 5.74) is 8.62. The molecule has 0 aromatic rings. The van der Waals surface area contributed by atoms with Gasteiger partial charge in [0.2, 0.25) is 0 Å². The lowest BCUT2D eigenvalue weighted by atomic mass is 9.99. The third-order valence-corrected chi connectivity index (χ3v) is 2.44. The van der Waals surface area contributed by atoms with Crippen molar-refractivity contribution in [2.24, 2.45) is 5.73 Å². The highest BCUT2D eigenvalue weighted by Gasteiger charge is 2.43. The van der Waals surface area contributed by atoms with Crippen LogP contribution in [0.25, 0.3) is 0 Å². The fraction of sp³-hybridized carbons (Fsp3) is 0.750. The molecular weight excluding hydrogens is 250 g/mol. The Hall–Kier alpha value is -1.30. The Labute approximate surface area is 101 Å². The molecule has 10 heteroatoms. The van der Waals surface area contributed by atoms with E-state index in [4.69, 9.17) is 9.84 Å². The van der Waals surface area contributed by atoms with Crippen LogP contribution in [0.5, 0.6) is 0 Å². The fourth-order valence-corrected chi connectivity index (χ4v) is 1.42. The molecule has 0 bridgehead atoms. The van der Waals surface area contributed by atoms with Crippen LogP contribution in [0.15, 0.2) is 0 Å². The number of hydrazine groups is 1. The van der Waals surface area contributed by atoms with Crippen molar-refractivity contribution in [3.05, 3.63) is 0 Å². The Morgan fingerprint density at radius 3 is 2.28 bits per heavy atom. The van der Waals surface area contributed by atoms with E-state index in [0.717, 1.165) is 0 Å². The van der Waals surface area contributed by atoms with Gasteiger partial charge in [0.25, 0.3) is 0 Å². The van der Waals surface area contributed by atoms with E-state index in [1.165, 1.54) is 0 Å². The van der Waals surface area contributed by atoms with E-state index in [9.17, 15) is 24.9 Å². The van der Waals surface area contributed by atoms with Gasteiger partial charge in [-0.1, -0.05) is 0 Å². The SMILES string of the molecule is NC(=O)C(=O)NN[C@@H]1O[C@@H](CO)[C@H](O)[C@H](O)[C@@H]1O. The van der Waals surface area contributed by atoms with Gasteiger partial charge in [0.05, 0.1) is 6.61 Å². The van der Waals surface area contributed by atoms with Gasteiger partial charge in [0, 0.05) is 0 Å². The Balaban J connectivity index is 2.59. The number of hydrogen-bond donors (Lipinski definition) is 7. The van der Waals surface area contributed by atoms with Crippen molar-refractivity contribution in [3.8, 4) is 0 Å². The summed E-state index contributed by atoms with van der Waals surface area (Å²) in [5, 5.41) is 37.3. The number of carbonyl (C=O) groups is 2. The van der Waals surface area contributed by atoms with Gasteiger partial charge in [0.15, 0.2) is 6.23 Å². The Bertz CT molecular complexity index is 324. The molecular formula is C8H15N3O7. The van der Waals surface area contributed by atoms with Crippen LogP contribution in [0.4, 0.5) is 0 Å². The van der Waals surface area contributed by atoms with Crippen LogP contribution in [0.1, 0.15) is 0 Å². The summed E-state index contributed by atoms with van der Waals surface area (Å²) in [5.74, 6) is -2.43. The van der Waals surface area contributed by atoms with Crippen molar-refractivity contribution in [1.29, 1.82) is 0 Å². The number of aliphatic hydroxyl groups excluding tert-OH is 4. The minimum atomic E-state index is -1.58. The predicted molar refractivity (Wildman–Crippen MR) is 54.2 cm³/mol. The maximum Gasteiger partial charge on any atom is 0.323 e. The molecule has 1 rings (SSSR count). The van der Waals surface area contributed by atoms with E-state index in [2.05, 4.69) is 11.2 Å². The van der Waals surface area contributed by atoms with E-state index < -0.39 is 49.1 Å². The third kappa shape index (κ3) is 3.13. The van der Waals surface area contributed by atoms with E-state index in [-0.39, 0.29) is 0 Å². The molecule has 0 spiro atoms. The van der Waals surface area contributed by atoms with Crippen LogP contribution < -0.4 is 16.6 Å². The molecule has 1 aliphatic heterocycles. The molecule has 0 radical (unpaired) electrons. The number of nitrogens with two attached hydrogens (primary N) is 1. The highest BCUT2D eigenvalue weighted by atomic mass is 16.6. The number of aliphatic hydroxyl groups is 4. The topological polar surface area (TPSA) is 174 Å². The van der Waals surface area contributed by atoms with Crippen molar-refractivity contribution in [2.45, 2.75) is 30.6 Å². The summed E-state index contributed by atoms with van der Waals surface area (Å²) >= 11 is 0. The van der Waals surface area contributed by atoms with Gasteiger partial charge in [-0.05, 0) is 0 Å². The molecule has 18 heavy (non-hydrogen) atoms. The highest BCUT2D eigenvalue weighted by molar-refractivity contribution is 6.34. The monoisotopic (exact) mass is 265 g/mol. The van der Waals surface area contributed by atoms with Gasteiger partial charge < -0.3 is 30.9 Å². The molecule has 1 saturated heterocycles. The zero-order valence-electron chi connectivity index (χ0n) is 9.18. The van der Waals surface area contributed by atoms with Crippen LogP contribution in [-0.4, -0.2) is 69.5 Å². The van der Waals surface area contributed by atoms with E-state index in [1.807, 2.05) is 5.43 Å². The minimum Gasteiger partial charge on any atom is -0.394 e. The fourth-order valence-electron chi connectivity index (χ4n) is 1.42. The molecule has 0 unspecified atom stereocenters. The third-order valence-electron chi connectivity index (χ3n) is 2.44. The molecule has 1 fully saturated rings. The van der Waals surface area contributed by atoms with Gasteiger partial charge >= 0.3 is 11.8 Å². The number of ether oxygens (including phenoxy) is 1. The van der Waals surface area contributed by atoms with Crippen LogP contribution in [0.2, 0.25) is 0 Å². The summed E-state index contributed by atoms with van der Waals surface area (Å²) in [7, 11) is 0. The van der Waals surface area contributed by atoms with Crippen molar-refractivity contribution in [3.63, 3.8) is 0 Å². The first-order valence-corrected chi connectivity index (χ1v) is 5.04. The Kier molecular flexibility index (Phi) is 4.95. The molecule has 1 aliphatic rings. The lowest BCUT2D eigenvalue weighted by Crippen LogP contribution is -2.65. The largest absolute Gasteiger partial charge is 0.394 e. The normalized spacial score (nSPS) is 36.1. The second kappa shape index (κ2) is 6.04. The molecule has 0 aromatic heterocycles. The van der Waals surface area contributed by atoms with Gasteiger partial charge in [-0.15, -0.1) is 0 Å². The van der Waals surface area contributed by atoms with Gasteiger partial charge in [-0.25, -0.2) is 5.43 Å². The average molecular weight is 265 g/mol. The first-order chi connectivity index (χ1) is 8.38. The van der Waals surface area contributed by atoms with Crippen molar-refractivity contribution < 1.29 is 34.8 Å². The molecule has 0 aliphatic carbocycles. The van der Waals surface area contributed by atoms with Gasteiger partial charge in [0.1, 0.15) is 24.4 Å². The predicted octanol–water partition coefficient (Wildman–Crippen LogP) is -5.11.